The Hall–Kier alpha value is -6.50. The molecule has 4 aromatic carbocycles. The van der Waals surface area contributed by atoms with Gasteiger partial charge in [0.1, 0.15) is 41.9 Å². The molecule has 4 aliphatic carbocycles. The van der Waals surface area contributed by atoms with E-state index >= 15 is 0 Å². The summed E-state index contributed by atoms with van der Waals surface area (Å²) in [5.41, 5.74) is 9.97. The average Bonchev–Trinajstić information content (AvgIpc) is 3.95. The van der Waals surface area contributed by atoms with E-state index in [-0.39, 0.29) is 50.9 Å². The first kappa shape index (κ1) is 48.4. The topological polar surface area (TPSA) is 137 Å². The Morgan fingerprint density at radius 1 is 0.662 bits per heavy atom. The summed E-state index contributed by atoms with van der Waals surface area (Å²) in [6.07, 6.45) is 16.6. The molecule has 0 unspecified atom stereocenters. The summed E-state index contributed by atoms with van der Waals surface area (Å²) in [6.45, 7) is 17.6. The van der Waals surface area contributed by atoms with E-state index in [2.05, 4.69) is 127 Å². The molecule has 2 N–H and O–H groups in total. The third kappa shape index (κ3) is 7.92. The van der Waals surface area contributed by atoms with Gasteiger partial charge >= 0.3 is 0 Å². The van der Waals surface area contributed by atoms with Crippen molar-refractivity contribution in [1.82, 2.24) is 35.1 Å². The van der Waals surface area contributed by atoms with Crippen molar-refractivity contribution in [3.8, 4) is 22.3 Å². The van der Waals surface area contributed by atoms with Gasteiger partial charge in [0.05, 0.1) is 39.8 Å². The second-order valence-corrected chi connectivity index (χ2v) is 24.3. The van der Waals surface area contributed by atoms with Crippen molar-refractivity contribution in [2.45, 2.75) is 153 Å². The minimum atomic E-state index is -0.285. The van der Waals surface area contributed by atoms with Crippen LogP contribution in [0, 0.1) is 25.7 Å². The highest BCUT2D eigenvalue weighted by Crippen LogP contribution is 2.53. The first-order valence-corrected chi connectivity index (χ1v) is 27.0. The van der Waals surface area contributed by atoms with E-state index in [9.17, 15) is 9.59 Å². The molecule has 0 bridgehead atoms. The predicted molar refractivity (Wildman–Crippen MR) is 290 cm³/mol. The van der Waals surface area contributed by atoms with Gasteiger partial charge in [0.25, 0.3) is 6.33 Å². The van der Waals surface area contributed by atoms with Crippen LogP contribution in [0.25, 0.3) is 44.2 Å². The van der Waals surface area contributed by atoms with Crippen LogP contribution in [0.15, 0.2) is 116 Å². The standard InChI is InChI=1S/C62H71N8O4/c1-36-26-61(27-36,57-66-63-34-68(57)9)46-16-11-14-42(22-46)51-32-73-56-39(4)21-45(25-50(56)54(51)72)41(6)65-60(8)30-48(31-60)70-35-69(10)58(67-70)62(28-37(2)29-62)47-17-12-15-43(23-47)52-33-74-55-38(3)20-44(24-49(55)53(52)71)40(5)64-59(7)18-13-19-59/h11-12,14-17,20-25,32-37,40-41,48,64-65H,13,18-19,26-31H2,1-10H3/q+1/t36?,37?,40-,41+,48?,60?,61?,62?/m1/s1. The molecule has 0 amide bonds. The molecule has 0 spiro atoms. The highest BCUT2D eigenvalue weighted by atomic mass is 16.3. The molecular formula is C62H71N8O4+. The van der Waals surface area contributed by atoms with E-state index in [0.29, 0.717) is 44.9 Å². The lowest BCUT2D eigenvalue weighted by Crippen LogP contribution is -2.61. The molecule has 4 heterocycles. The summed E-state index contributed by atoms with van der Waals surface area (Å²) < 4.78 is 19.0. The number of hydrogen-bond acceptors (Lipinski definition) is 9. The fourth-order valence-electron chi connectivity index (χ4n) is 14.2. The molecule has 0 aliphatic heterocycles. The summed E-state index contributed by atoms with van der Waals surface area (Å²) in [7, 11) is 4.13. The lowest BCUT2D eigenvalue weighted by Gasteiger charge is -2.46. The molecule has 12 heteroatoms. The molecule has 382 valence electrons. The molecule has 0 saturated heterocycles. The van der Waals surface area contributed by atoms with Gasteiger partial charge in [-0.2, -0.15) is 0 Å². The second-order valence-electron chi connectivity index (χ2n) is 24.3. The number of rotatable bonds is 13. The van der Waals surface area contributed by atoms with Gasteiger partial charge in [-0.15, -0.1) is 14.9 Å². The minimum absolute atomic E-state index is 0.00275. The van der Waals surface area contributed by atoms with Crippen LogP contribution >= 0.6 is 0 Å². The third-order valence-corrected chi connectivity index (χ3v) is 18.1. The summed E-state index contributed by atoms with van der Waals surface area (Å²) in [4.78, 5) is 29.0. The Morgan fingerprint density at radius 3 is 1.62 bits per heavy atom. The van der Waals surface area contributed by atoms with Crippen LogP contribution in [0.5, 0.6) is 0 Å². The largest absolute Gasteiger partial charge is 0.463 e. The van der Waals surface area contributed by atoms with Crippen molar-refractivity contribution in [2.24, 2.45) is 25.9 Å². The van der Waals surface area contributed by atoms with Gasteiger partial charge in [-0.25, -0.2) is 4.57 Å². The molecular weight excluding hydrogens is 921 g/mol. The smallest absolute Gasteiger partial charge is 0.266 e. The quantitative estimate of drug-likeness (QED) is 0.108. The highest BCUT2D eigenvalue weighted by molar-refractivity contribution is 5.86. The Kier molecular flexibility index (Phi) is 11.5. The molecule has 4 aromatic heterocycles. The van der Waals surface area contributed by atoms with Crippen molar-refractivity contribution in [2.75, 3.05) is 0 Å². The molecule has 12 rings (SSSR count). The number of nitrogens with one attached hydrogen (secondary N) is 2. The van der Waals surface area contributed by atoms with E-state index in [1.54, 1.807) is 18.9 Å². The van der Waals surface area contributed by atoms with Crippen molar-refractivity contribution in [1.29, 1.82) is 0 Å². The van der Waals surface area contributed by atoms with E-state index in [4.69, 9.17) is 13.9 Å². The molecule has 12 nitrogen and oxygen atoms in total. The first-order chi connectivity index (χ1) is 35.3. The number of aromatic nitrogens is 6. The van der Waals surface area contributed by atoms with Crippen LogP contribution in [0.1, 0.15) is 162 Å². The van der Waals surface area contributed by atoms with E-state index < -0.39 is 0 Å². The van der Waals surface area contributed by atoms with Gasteiger partial charge in [0.15, 0.2) is 0 Å². The van der Waals surface area contributed by atoms with Crippen molar-refractivity contribution in [3.05, 3.63) is 163 Å². The van der Waals surface area contributed by atoms with Crippen LogP contribution < -0.4 is 26.2 Å². The van der Waals surface area contributed by atoms with Crippen LogP contribution in [-0.4, -0.2) is 35.5 Å². The predicted octanol–water partition coefficient (Wildman–Crippen LogP) is 11.5. The van der Waals surface area contributed by atoms with Crippen LogP contribution in [-0.2, 0) is 24.9 Å². The van der Waals surface area contributed by atoms with Crippen LogP contribution in [0.2, 0.25) is 0 Å². The maximum Gasteiger partial charge on any atom is 0.266 e. The maximum absolute atomic E-state index is 14.5. The Bertz CT molecular complexity index is 3630. The fraction of sp³-hybridized carbons (Fsp3) is 0.452. The van der Waals surface area contributed by atoms with Gasteiger partial charge < -0.3 is 24.0 Å². The summed E-state index contributed by atoms with van der Waals surface area (Å²) in [5, 5.41) is 23.2. The number of fused-ring (bicyclic) bond motifs is 2. The third-order valence-electron chi connectivity index (χ3n) is 18.1. The van der Waals surface area contributed by atoms with Gasteiger partial charge in [0, 0.05) is 43.1 Å². The fourth-order valence-corrected chi connectivity index (χ4v) is 14.2. The van der Waals surface area contributed by atoms with Crippen molar-refractivity contribution < 1.29 is 13.5 Å². The molecule has 4 saturated carbocycles. The lowest BCUT2D eigenvalue weighted by atomic mass is 9.58. The molecule has 0 radical (unpaired) electrons. The molecule has 4 fully saturated rings. The lowest BCUT2D eigenvalue weighted by molar-refractivity contribution is -0.787. The number of benzene rings is 4. The Morgan fingerprint density at radius 2 is 1.16 bits per heavy atom. The normalized spacial score (nSPS) is 26.0. The number of nitrogens with zero attached hydrogens (tertiary/aromatic N) is 6. The monoisotopic (exact) mass is 992 g/mol. The molecule has 2 atom stereocenters. The summed E-state index contributed by atoms with van der Waals surface area (Å²) >= 11 is 0. The van der Waals surface area contributed by atoms with Gasteiger partial charge in [-0.05, 0) is 172 Å². The Labute approximate surface area is 433 Å². The van der Waals surface area contributed by atoms with Crippen molar-refractivity contribution in [3.63, 3.8) is 0 Å². The molecule has 4 aliphatic rings. The van der Waals surface area contributed by atoms with Gasteiger partial charge in [-0.1, -0.05) is 62.4 Å². The van der Waals surface area contributed by atoms with E-state index in [1.807, 2.05) is 55.8 Å². The second kappa shape index (κ2) is 17.6. The summed E-state index contributed by atoms with van der Waals surface area (Å²) in [6, 6.07) is 25.6. The zero-order valence-corrected chi connectivity index (χ0v) is 44.8. The molecule has 74 heavy (non-hydrogen) atoms. The molecule has 8 aromatic rings. The Balaban J connectivity index is 0.770. The van der Waals surface area contributed by atoms with E-state index in [1.165, 1.54) is 24.8 Å². The van der Waals surface area contributed by atoms with Crippen molar-refractivity contribution >= 4 is 21.9 Å². The number of aryl methyl sites for hydroxylation is 4. The van der Waals surface area contributed by atoms with Gasteiger partial charge in [-0.3, -0.25) is 9.59 Å². The average molecular weight is 992 g/mol. The SMILES string of the molecule is Cc1cc([C@H](C)NC2(C)CC([n+]3cn(C)c(C4(c5cccc(-c6coc7c(C)cc([C@@H](C)NC8(C)CCC8)cc7c6=O)c5)CC(C)C4)n3)C2)cc2c(=O)c(-c3cccc(C4(c5nncn5C)CC(C)C4)c3)coc12. The van der Waals surface area contributed by atoms with E-state index in [0.717, 1.165) is 89.1 Å². The zero-order valence-electron chi connectivity index (χ0n) is 44.8. The summed E-state index contributed by atoms with van der Waals surface area (Å²) in [5.74, 6) is 3.12. The van der Waals surface area contributed by atoms with Crippen LogP contribution in [0.4, 0.5) is 0 Å². The van der Waals surface area contributed by atoms with Gasteiger partial charge in [0.2, 0.25) is 16.7 Å². The van der Waals surface area contributed by atoms with Crippen LogP contribution in [0.3, 0.4) is 0 Å². The minimum Gasteiger partial charge on any atom is -0.463 e. The first-order valence-electron chi connectivity index (χ1n) is 27.0. The maximum atomic E-state index is 14.5. The zero-order chi connectivity index (χ0) is 51.6. The highest BCUT2D eigenvalue weighted by Gasteiger charge is 2.53. The number of hydrogen-bond donors (Lipinski definition) is 2.